The van der Waals surface area contributed by atoms with Gasteiger partial charge in [0.05, 0.1) is 17.6 Å². The van der Waals surface area contributed by atoms with Crippen molar-refractivity contribution in [1.82, 2.24) is 9.94 Å². The van der Waals surface area contributed by atoms with Crippen molar-refractivity contribution in [1.29, 1.82) is 0 Å². The molecule has 0 aliphatic rings. The van der Waals surface area contributed by atoms with E-state index in [1.807, 2.05) is 6.07 Å². The number of methoxy groups -OCH3 is 1. The first-order chi connectivity index (χ1) is 11.0. The largest absolute Gasteiger partial charge is 0.465 e. The Morgan fingerprint density at radius 2 is 2.00 bits per heavy atom. The van der Waals surface area contributed by atoms with Gasteiger partial charge in [-0.2, -0.15) is 0 Å². The van der Waals surface area contributed by atoms with Crippen LogP contribution in [0.25, 0.3) is 22.2 Å². The number of nitro benzene ring substituents is 1. The molecule has 0 saturated heterocycles. The van der Waals surface area contributed by atoms with Crippen molar-refractivity contribution in [2.75, 3.05) is 7.11 Å². The number of rotatable bonds is 3. The molecule has 2 aromatic carbocycles. The van der Waals surface area contributed by atoms with Crippen molar-refractivity contribution in [3.8, 4) is 11.3 Å². The van der Waals surface area contributed by atoms with Crippen LogP contribution in [0.5, 0.6) is 0 Å². The summed E-state index contributed by atoms with van der Waals surface area (Å²) in [7, 11) is 1.18. The van der Waals surface area contributed by atoms with E-state index in [9.17, 15) is 20.1 Å². The van der Waals surface area contributed by atoms with Crippen LogP contribution in [0.1, 0.15) is 10.4 Å². The standard InChI is InChI=1S/C15H11N3O5/c1-23-15(19)11-7-10(18(21)22)8-12-13(11)14(16-17(12)20)9-5-3-2-4-6-9/h2-8,20H,1H3. The maximum absolute atomic E-state index is 12.0. The molecule has 8 heteroatoms. The number of benzene rings is 2. The van der Waals surface area contributed by atoms with Crippen molar-refractivity contribution in [3.63, 3.8) is 0 Å². The van der Waals surface area contributed by atoms with Gasteiger partial charge in [0.2, 0.25) is 0 Å². The second-order valence-electron chi connectivity index (χ2n) is 4.74. The lowest BCUT2D eigenvalue weighted by Crippen LogP contribution is -2.04. The summed E-state index contributed by atoms with van der Waals surface area (Å²) >= 11 is 0. The van der Waals surface area contributed by atoms with Gasteiger partial charge in [0, 0.05) is 23.1 Å². The summed E-state index contributed by atoms with van der Waals surface area (Å²) in [5.74, 6) is -0.746. The van der Waals surface area contributed by atoms with Crippen LogP contribution in [0.2, 0.25) is 0 Å². The van der Waals surface area contributed by atoms with E-state index in [2.05, 4.69) is 5.10 Å². The number of nitrogens with zero attached hydrogens (tertiary/aromatic N) is 3. The lowest BCUT2D eigenvalue weighted by molar-refractivity contribution is -0.384. The third-order valence-electron chi connectivity index (χ3n) is 3.41. The highest BCUT2D eigenvalue weighted by molar-refractivity contribution is 6.10. The zero-order valence-electron chi connectivity index (χ0n) is 12.0. The van der Waals surface area contributed by atoms with Crippen LogP contribution < -0.4 is 0 Å². The minimum absolute atomic E-state index is 0.0316. The molecule has 0 saturated carbocycles. The van der Waals surface area contributed by atoms with E-state index in [-0.39, 0.29) is 22.2 Å². The molecule has 3 aromatic rings. The Hall–Kier alpha value is -3.42. The van der Waals surface area contributed by atoms with Crippen molar-refractivity contribution in [2.45, 2.75) is 0 Å². The van der Waals surface area contributed by atoms with Gasteiger partial charge in [-0.15, -0.1) is 9.94 Å². The molecule has 0 fully saturated rings. The highest BCUT2D eigenvalue weighted by atomic mass is 16.6. The fraction of sp³-hybridized carbons (Fsp3) is 0.0667. The lowest BCUT2D eigenvalue weighted by Gasteiger charge is -2.04. The van der Waals surface area contributed by atoms with Crippen LogP contribution in [0.3, 0.4) is 0 Å². The first-order valence-electron chi connectivity index (χ1n) is 6.57. The SMILES string of the molecule is COC(=O)c1cc([N+](=O)[O-])cc2c1c(-c1ccccc1)nn2O. The first-order valence-corrected chi connectivity index (χ1v) is 6.57. The molecule has 3 rings (SSSR count). The lowest BCUT2D eigenvalue weighted by atomic mass is 10.0. The number of hydrogen-bond donors (Lipinski definition) is 1. The molecule has 0 spiro atoms. The Morgan fingerprint density at radius 3 is 2.61 bits per heavy atom. The maximum atomic E-state index is 12.0. The van der Waals surface area contributed by atoms with E-state index in [0.29, 0.717) is 16.1 Å². The molecule has 0 unspecified atom stereocenters. The summed E-state index contributed by atoms with van der Waals surface area (Å²) in [6.07, 6.45) is 0. The van der Waals surface area contributed by atoms with Gasteiger partial charge < -0.3 is 9.94 Å². The number of nitro groups is 1. The summed E-state index contributed by atoms with van der Waals surface area (Å²) < 4.78 is 4.70. The second-order valence-corrected chi connectivity index (χ2v) is 4.74. The number of ether oxygens (including phenoxy) is 1. The van der Waals surface area contributed by atoms with E-state index >= 15 is 0 Å². The van der Waals surface area contributed by atoms with Gasteiger partial charge in [0.1, 0.15) is 11.2 Å². The van der Waals surface area contributed by atoms with Gasteiger partial charge in [-0.3, -0.25) is 10.1 Å². The summed E-state index contributed by atoms with van der Waals surface area (Å²) in [5, 5.41) is 25.3. The van der Waals surface area contributed by atoms with Crippen LogP contribution in [-0.2, 0) is 4.74 Å². The van der Waals surface area contributed by atoms with Gasteiger partial charge >= 0.3 is 5.97 Å². The Bertz CT molecular complexity index is 918. The average Bonchev–Trinajstić information content (AvgIpc) is 2.91. The highest BCUT2D eigenvalue weighted by Gasteiger charge is 2.24. The molecule has 1 aromatic heterocycles. The van der Waals surface area contributed by atoms with Crippen molar-refractivity contribution in [2.24, 2.45) is 0 Å². The molecule has 1 heterocycles. The summed E-state index contributed by atoms with van der Waals surface area (Å²) in [4.78, 5) is 22.9. The summed E-state index contributed by atoms with van der Waals surface area (Å²) in [6, 6.07) is 11.1. The zero-order valence-corrected chi connectivity index (χ0v) is 12.0. The molecule has 0 amide bonds. The molecule has 0 radical (unpaired) electrons. The molecule has 0 aliphatic heterocycles. The molecular formula is C15H11N3O5. The van der Waals surface area contributed by atoms with E-state index < -0.39 is 10.9 Å². The first kappa shape index (κ1) is 14.5. The number of carbonyl (C=O) groups excluding carboxylic acids is 1. The number of esters is 1. The number of hydrogen-bond acceptors (Lipinski definition) is 6. The topological polar surface area (TPSA) is 107 Å². The van der Waals surface area contributed by atoms with E-state index in [0.717, 1.165) is 12.1 Å². The number of non-ortho nitro benzene ring substituents is 1. The molecule has 1 N–H and O–H groups in total. The van der Waals surface area contributed by atoms with Gasteiger partial charge in [0.25, 0.3) is 5.69 Å². The van der Waals surface area contributed by atoms with Gasteiger partial charge in [-0.25, -0.2) is 4.79 Å². The fourth-order valence-corrected chi connectivity index (χ4v) is 2.39. The quantitative estimate of drug-likeness (QED) is 0.345. The smallest absolute Gasteiger partial charge is 0.338 e. The van der Waals surface area contributed by atoms with Gasteiger partial charge in [-0.05, 0) is 0 Å². The molecule has 0 bridgehead atoms. The third-order valence-corrected chi connectivity index (χ3v) is 3.41. The van der Waals surface area contributed by atoms with Gasteiger partial charge in [0.15, 0.2) is 0 Å². The van der Waals surface area contributed by atoms with E-state index in [1.54, 1.807) is 24.3 Å². The second kappa shape index (κ2) is 5.41. The van der Waals surface area contributed by atoms with Crippen LogP contribution in [0.15, 0.2) is 42.5 Å². The predicted molar refractivity (Wildman–Crippen MR) is 80.3 cm³/mol. The van der Waals surface area contributed by atoms with E-state index in [1.165, 1.54) is 7.11 Å². The molecule has 0 aliphatic carbocycles. The van der Waals surface area contributed by atoms with Crippen LogP contribution >= 0.6 is 0 Å². The van der Waals surface area contributed by atoms with Crippen LogP contribution in [-0.4, -0.2) is 33.2 Å². The molecule has 8 nitrogen and oxygen atoms in total. The summed E-state index contributed by atoms with van der Waals surface area (Å²) in [5.41, 5.74) is 0.671. The number of carbonyl (C=O) groups is 1. The zero-order chi connectivity index (χ0) is 16.6. The van der Waals surface area contributed by atoms with E-state index in [4.69, 9.17) is 4.74 Å². The molecule has 0 atom stereocenters. The minimum Gasteiger partial charge on any atom is -0.465 e. The predicted octanol–water partition coefficient (Wildman–Crippen LogP) is 2.64. The Labute approximate surface area is 129 Å². The third kappa shape index (κ3) is 2.35. The average molecular weight is 313 g/mol. The fourth-order valence-electron chi connectivity index (χ4n) is 2.39. The Morgan fingerprint density at radius 1 is 1.30 bits per heavy atom. The van der Waals surface area contributed by atoms with Crippen LogP contribution in [0, 0.1) is 10.1 Å². The van der Waals surface area contributed by atoms with Crippen LogP contribution in [0.4, 0.5) is 5.69 Å². The minimum atomic E-state index is -0.746. The Balaban J connectivity index is 2.41. The van der Waals surface area contributed by atoms with Gasteiger partial charge in [-0.1, -0.05) is 30.3 Å². The number of aromatic nitrogens is 2. The normalized spacial score (nSPS) is 10.7. The highest BCUT2D eigenvalue weighted by Crippen LogP contribution is 2.33. The maximum Gasteiger partial charge on any atom is 0.338 e. The Kier molecular flexibility index (Phi) is 3.41. The molecule has 23 heavy (non-hydrogen) atoms. The number of fused-ring (bicyclic) bond motifs is 1. The molecular weight excluding hydrogens is 302 g/mol. The van der Waals surface area contributed by atoms with Crippen molar-refractivity contribution >= 4 is 22.6 Å². The van der Waals surface area contributed by atoms with Crippen molar-refractivity contribution < 1.29 is 19.7 Å². The summed E-state index contributed by atoms with van der Waals surface area (Å²) in [6.45, 7) is 0. The monoisotopic (exact) mass is 313 g/mol. The van der Waals surface area contributed by atoms with Crippen molar-refractivity contribution in [3.05, 3.63) is 58.1 Å². The molecule has 116 valence electrons.